The molecular formula is C14H15NO4S. The van der Waals surface area contributed by atoms with E-state index >= 15 is 0 Å². The summed E-state index contributed by atoms with van der Waals surface area (Å²) in [5.74, 6) is 0.567. The molecule has 1 amide bonds. The molecule has 0 fully saturated rings. The summed E-state index contributed by atoms with van der Waals surface area (Å²) < 4.78 is 10.4. The molecule has 0 saturated carbocycles. The van der Waals surface area contributed by atoms with Crippen LogP contribution in [0.2, 0.25) is 0 Å². The first-order valence-electron chi connectivity index (χ1n) is 6.17. The van der Waals surface area contributed by atoms with Crippen LogP contribution in [0.5, 0.6) is 5.75 Å². The van der Waals surface area contributed by atoms with E-state index < -0.39 is 5.97 Å². The summed E-state index contributed by atoms with van der Waals surface area (Å²) in [5, 5.41) is 1.78. The Bertz CT molecular complexity index is 489. The van der Waals surface area contributed by atoms with Crippen LogP contribution in [0.25, 0.3) is 0 Å². The van der Waals surface area contributed by atoms with Crippen LogP contribution in [0.4, 0.5) is 0 Å². The molecule has 0 bridgehead atoms. The SMILES string of the molecule is O=C(CN1C=CSCC1=O)OCCOc1ccccc1. The van der Waals surface area contributed by atoms with E-state index in [1.807, 2.05) is 30.3 Å². The summed E-state index contributed by atoms with van der Waals surface area (Å²) in [7, 11) is 0. The maximum absolute atomic E-state index is 11.6. The standard InChI is InChI=1S/C14H15NO4S/c16-13-11-20-9-6-15(13)10-14(17)19-8-7-18-12-4-2-1-3-5-12/h1-6,9H,7-8,10-11H2. The van der Waals surface area contributed by atoms with Crippen molar-refractivity contribution < 1.29 is 19.1 Å². The molecule has 0 saturated heterocycles. The predicted molar refractivity (Wildman–Crippen MR) is 76.2 cm³/mol. The molecular weight excluding hydrogens is 278 g/mol. The van der Waals surface area contributed by atoms with Gasteiger partial charge < -0.3 is 14.4 Å². The topological polar surface area (TPSA) is 55.8 Å². The van der Waals surface area contributed by atoms with Crippen LogP contribution in [0.15, 0.2) is 41.9 Å². The fourth-order valence-electron chi connectivity index (χ4n) is 1.56. The molecule has 0 aliphatic carbocycles. The fourth-order valence-corrected chi connectivity index (χ4v) is 2.20. The van der Waals surface area contributed by atoms with Crippen LogP contribution < -0.4 is 4.74 Å². The molecule has 0 aromatic heterocycles. The van der Waals surface area contributed by atoms with Crippen molar-refractivity contribution in [1.29, 1.82) is 0 Å². The molecule has 1 aliphatic rings. The van der Waals surface area contributed by atoms with Crippen LogP contribution in [0.3, 0.4) is 0 Å². The summed E-state index contributed by atoms with van der Waals surface area (Å²) in [6.45, 7) is 0.394. The number of nitrogens with zero attached hydrogens (tertiary/aromatic N) is 1. The normalized spacial score (nSPS) is 14.2. The molecule has 0 unspecified atom stereocenters. The number of para-hydroxylation sites is 1. The number of rotatable bonds is 6. The lowest BCUT2D eigenvalue weighted by molar-refractivity contribution is -0.147. The van der Waals surface area contributed by atoms with E-state index in [4.69, 9.17) is 9.47 Å². The molecule has 1 heterocycles. The zero-order valence-electron chi connectivity index (χ0n) is 10.9. The lowest BCUT2D eigenvalue weighted by atomic mass is 10.3. The van der Waals surface area contributed by atoms with Crippen molar-refractivity contribution in [2.24, 2.45) is 0 Å². The summed E-state index contributed by atoms with van der Waals surface area (Å²) in [5.41, 5.74) is 0. The van der Waals surface area contributed by atoms with Gasteiger partial charge in [0.25, 0.3) is 0 Å². The van der Waals surface area contributed by atoms with E-state index in [-0.39, 0.29) is 25.7 Å². The highest BCUT2D eigenvalue weighted by molar-refractivity contribution is 8.02. The van der Waals surface area contributed by atoms with Gasteiger partial charge in [-0.15, -0.1) is 11.8 Å². The highest BCUT2D eigenvalue weighted by atomic mass is 32.2. The van der Waals surface area contributed by atoms with E-state index in [0.717, 1.165) is 5.75 Å². The Kier molecular flexibility index (Phi) is 5.49. The maximum atomic E-state index is 11.6. The first-order valence-corrected chi connectivity index (χ1v) is 7.22. The minimum atomic E-state index is -0.438. The average Bonchev–Trinajstić information content (AvgIpc) is 2.47. The van der Waals surface area contributed by atoms with E-state index in [2.05, 4.69) is 0 Å². The quantitative estimate of drug-likeness (QED) is 0.590. The highest BCUT2D eigenvalue weighted by Crippen LogP contribution is 2.12. The van der Waals surface area contributed by atoms with Gasteiger partial charge in [0.2, 0.25) is 5.91 Å². The predicted octanol–water partition coefficient (Wildman–Crippen LogP) is 1.66. The Balaban J connectivity index is 1.64. The summed E-state index contributed by atoms with van der Waals surface area (Å²) in [6, 6.07) is 9.29. The molecule has 1 aromatic carbocycles. The number of amides is 1. The van der Waals surface area contributed by atoms with Crippen molar-refractivity contribution in [1.82, 2.24) is 4.90 Å². The number of benzene rings is 1. The van der Waals surface area contributed by atoms with Crippen LogP contribution in [-0.2, 0) is 14.3 Å². The van der Waals surface area contributed by atoms with Gasteiger partial charge in [-0.1, -0.05) is 18.2 Å². The molecule has 1 aliphatic heterocycles. The van der Waals surface area contributed by atoms with Crippen molar-refractivity contribution in [3.63, 3.8) is 0 Å². The lowest BCUT2D eigenvalue weighted by Crippen LogP contribution is -2.35. The Morgan fingerprint density at radius 2 is 2.05 bits per heavy atom. The highest BCUT2D eigenvalue weighted by Gasteiger charge is 2.17. The molecule has 0 N–H and O–H groups in total. The fraction of sp³-hybridized carbons (Fsp3) is 0.286. The van der Waals surface area contributed by atoms with Gasteiger partial charge in [-0.05, 0) is 17.5 Å². The molecule has 2 rings (SSSR count). The molecule has 0 radical (unpaired) electrons. The third-order valence-corrected chi connectivity index (χ3v) is 3.25. The van der Waals surface area contributed by atoms with Crippen LogP contribution in [-0.4, -0.2) is 42.3 Å². The van der Waals surface area contributed by atoms with Gasteiger partial charge in [0, 0.05) is 6.20 Å². The third-order valence-electron chi connectivity index (χ3n) is 2.52. The minimum absolute atomic E-state index is 0.0543. The molecule has 0 atom stereocenters. The van der Waals surface area contributed by atoms with Gasteiger partial charge in [0.15, 0.2) is 0 Å². The number of thioether (sulfide) groups is 1. The molecule has 1 aromatic rings. The Hall–Kier alpha value is -1.95. The first kappa shape index (κ1) is 14.5. The number of carbonyl (C=O) groups is 2. The van der Waals surface area contributed by atoms with Crippen molar-refractivity contribution >= 4 is 23.6 Å². The molecule has 6 heteroatoms. The van der Waals surface area contributed by atoms with Crippen LogP contribution >= 0.6 is 11.8 Å². The summed E-state index contributed by atoms with van der Waals surface area (Å²) in [4.78, 5) is 24.4. The number of carbonyl (C=O) groups excluding carboxylic acids is 2. The Morgan fingerprint density at radius 3 is 2.80 bits per heavy atom. The van der Waals surface area contributed by atoms with Gasteiger partial charge in [0.1, 0.15) is 25.5 Å². The maximum Gasteiger partial charge on any atom is 0.326 e. The van der Waals surface area contributed by atoms with Crippen molar-refractivity contribution in [3.8, 4) is 5.75 Å². The van der Waals surface area contributed by atoms with E-state index in [1.165, 1.54) is 16.7 Å². The molecule has 20 heavy (non-hydrogen) atoms. The van der Waals surface area contributed by atoms with E-state index in [1.54, 1.807) is 11.6 Å². The minimum Gasteiger partial charge on any atom is -0.490 e. The zero-order valence-corrected chi connectivity index (χ0v) is 11.7. The zero-order chi connectivity index (χ0) is 14.2. The van der Waals surface area contributed by atoms with Gasteiger partial charge >= 0.3 is 5.97 Å². The largest absolute Gasteiger partial charge is 0.490 e. The number of esters is 1. The van der Waals surface area contributed by atoms with E-state index in [0.29, 0.717) is 5.75 Å². The van der Waals surface area contributed by atoms with Crippen molar-refractivity contribution in [2.45, 2.75) is 0 Å². The van der Waals surface area contributed by atoms with Crippen LogP contribution in [0, 0.1) is 0 Å². The Morgan fingerprint density at radius 1 is 1.25 bits per heavy atom. The second-order valence-corrected chi connectivity index (χ2v) is 4.89. The third kappa shape index (κ3) is 4.62. The summed E-state index contributed by atoms with van der Waals surface area (Å²) in [6.07, 6.45) is 1.60. The first-order chi connectivity index (χ1) is 9.75. The smallest absolute Gasteiger partial charge is 0.326 e. The molecule has 5 nitrogen and oxygen atoms in total. The number of hydrogen-bond acceptors (Lipinski definition) is 5. The van der Waals surface area contributed by atoms with Gasteiger partial charge in [-0.3, -0.25) is 9.59 Å². The second-order valence-electron chi connectivity index (χ2n) is 4.00. The van der Waals surface area contributed by atoms with E-state index in [9.17, 15) is 9.59 Å². The monoisotopic (exact) mass is 293 g/mol. The number of hydrogen-bond donors (Lipinski definition) is 0. The summed E-state index contributed by atoms with van der Waals surface area (Å²) >= 11 is 1.41. The van der Waals surface area contributed by atoms with Gasteiger partial charge in [-0.25, -0.2) is 0 Å². The lowest BCUT2D eigenvalue weighted by Gasteiger charge is -2.19. The average molecular weight is 293 g/mol. The molecule has 106 valence electrons. The van der Waals surface area contributed by atoms with Crippen molar-refractivity contribution in [3.05, 3.63) is 41.9 Å². The van der Waals surface area contributed by atoms with Gasteiger partial charge in [0.05, 0.1) is 5.75 Å². The number of ether oxygens (including phenoxy) is 2. The van der Waals surface area contributed by atoms with Crippen LogP contribution in [0.1, 0.15) is 0 Å². The van der Waals surface area contributed by atoms with Gasteiger partial charge in [-0.2, -0.15) is 0 Å². The Labute approximate surface area is 121 Å². The molecule has 0 spiro atoms. The second kappa shape index (κ2) is 7.59. The van der Waals surface area contributed by atoms with Crippen molar-refractivity contribution in [2.75, 3.05) is 25.5 Å².